The highest BCUT2D eigenvalue weighted by molar-refractivity contribution is 5.78. The molecule has 0 radical (unpaired) electrons. The van der Waals surface area contributed by atoms with Crippen molar-refractivity contribution in [3.05, 3.63) is 35.9 Å². The number of carbonyl (C=O) groups excluding carboxylic acids is 2. The normalized spacial score (nSPS) is 11.3. The lowest BCUT2D eigenvalue weighted by atomic mass is 10.1. The fraction of sp³-hybridized carbons (Fsp3) is 0.652. The highest BCUT2D eigenvalue weighted by Crippen LogP contribution is 2.05. The van der Waals surface area contributed by atoms with Crippen LogP contribution in [0.3, 0.4) is 0 Å². The number of ether oxygens (including phenoxy) is 2. The van der Waals surface area contributed by atoms with Gasteiger partial charge in [-0.15, -0.1) is 0 Å². The van der Waals surface area contributed by atoms with E-state index in [0.717, 1.165) is 42.3 Å². The van der Waals surface area contributed by atoms with Gasteiger partial charge in [-0.05, 0) is 24.8 Å². The number of amides is 1. The summed E-state index contributed by atoms with van der Waals surface area (Å²) in [5, 5.41) is 11.7. The van der Waals surface area contributed by atoms with E-state index in [1.165, 1.54) is 0 Å². The van der Waals surface area contributed by atoms with Crippen molar-refractivity contribution in [2.45, 2.75) is 45.1 Å². The van der Waals surface area contributed by atoms with Crippen molar-refractivity contribution in [1.82, 2.24) is 5.32 Å². The monoisotopic (exact) mass is 423 g/mol. The van der Waals surface area contributed by atoms with E-state index in [0.29, 0.717) is 39.1 Å². The molecule has 0 saturated carbocycles. The predicted molar refractivity (Wildman–Crippen MR) is 117 cm³/mol. The zero-order valence-electron chi connectivity index (χ0n) is 18.6. The highest BCUT2D eigenvalue weighted by Gasteiger charge is 2.13. The van der Waals surface area contributed by atoms with Gasteiger partial charge in [0.15, 0.2) is 0 Å². The number of unbranched alkanes of at least 4 members (excludes halogenated alkanes) is 2. The zero-order chi connectivity index (χ0) is 22.1. The molecule has 0 saturated heterocycles. The van der Waals surface area contributed by atoms with Gasteiger partial charge < -0.3 is 24.4 Å². The Morgan fingerprint density at radius 2 is 1.70 bits per heavy atom. The number of benzene rings is 1. The molecule has 0 spiro atoms. The zero-order valence-corrected chi connectivity index (χ0v) is 18.6. The summed E-state index contributed by atoms with van der Waals surface area (Å²) >= 11 is 0. The van der Waals surface area contributed by atoms with E-state index in [1.807, 2.05) is 30.3 Å². The van der Waals surface area contributed by atoms with Gasteiger partial charge in [0.2, 0.25) is 0 Å². The summed E-state index contributed by atoms with van der Waals surface area (Å²) in [6.07, 6.45) is 4.05. The van der Waals surface area contributed by atoms with Gasteiger partial charge in [0.05, 0.1) is 27.3 Å². The minimum Gasteiger partial charge on any atom is -0.445 e. The van der Waals surface area contributed by atoms with Crippen LogP contribution >= 0.6 is 0 Å². The average Bonchev–Trinajstić information content (AvgIpc) is 2.72. The number of aliphatic hydroxyl groups excluding tert-OH is 1. The first-order chi connectivity index (χ1) is 14.4. The molecule has 0 heterocycles. The molecule has 7 heteroatoms. The van der Waals surface area contributed by atoms with E-state index < -0.39 is 6.09 Å². The number of rotatable bonds is 17. The molecule has 0 bridgehead atoms. The van der Waals surface area contributed by atoms with Crippen molar-refractivity contribution < 1.29 is 28.7 Å². The smallest absolute Gasteiger partial charge is 0.407 e. The molecule has 0 aliphatic heterocycles. The minimum atomic E-state index is -0.409. The van der Waals surface area contributed by atoms with Crippen molar-refractivity contribution >= 4 is 11.9 Å². The molecule has 2 N–H and O–H groups in total. The summed E-state index contributed by atoms with van der Waals surface area (Å²) in [6, 6.07) is 9.56. The van der Waals surface area contributed by atoms with E-state index in [1.54, 1.807) is 0 Å². The molecule has 1 amide bonds. The van der Waals surface area contributed by atoms with Crippen molar-refractivity contribution in [3.63, 3.8) is 0 Å². The maximum Gasteiger partial charge on any atom is 0.407 e. The van der Waals surface area contributed by atoms with Gasteiger partial charge in [-0.1, -0.05) is 36.8 Å². The number of nitrogens with one attached hydrogen (secondary N) is 1. The van der Waals surface area contributed by atoms with Crippen LogP contribution in [0.1, 0.15) is 44.1 Å². The van der Waals surface area contributed by atoms with Crippen LogP contribution in [0.25, 0.3) is 0 Å². The molecule has 7 nitrogen and oxygen atoms in total. The van der Waals surface area contributed by atoms with E-state index in [4.69, 9.17) is 14.6 Å². The summed E-state index contributed by atoms with van der Waals surface area (Å²) < 4.78 is 11.5. The Hall–Kier alpha value is -1.96. The molecule has 1 aromatic rings. The number of hydrogen-bond acceptors (Lipinski definition) is 5. The number of carbonyl (C=O) groups is 2. The van der Waals surface area contributed by atoms with Crippen LogP contribution in [0, 0.1) is 0 Å². The first kappa shape index (κ1) is 26.1. The van der Waals surface area contributed by atoms with Crippen LogP contribution < -0.4 is 5.32 Å². The van der Waals surface area contributed by atoms with Gasteiger partial charge in [-0.3, -0.25) is 4.79 Å². The quantitative estimate of drug-likeness (QED) is 0.297. The third kappa shape index (κ3) is 14.1. The Labute approximate surface area is 180 Å². The average molecular weight is 424 g/mol. The number of likely N-dealkylation sites (N-methyl/N-ethyl adjacent to an activating group) is 1. The Morgan fingerprint density at radius 3 is 2.43 bits per heavy atom. The molecule has 0 unspecified atom stereocenters. The number of nitrogens with zero attached hydrogens (tertiary/aromatic N) is 1. The maximum atomic E-state index is 11.9. The van der Waals surface area contributed by atoms with Crippen molar-refractivity contribution in [1.29, 1.82) is 0 Å². The van der Waals surface area contributed by atoms with Gasteiger partial charge in [-0.25, -0.2) is 4.79 Å². The number of aliphatic hydroxyl groups is 1. The number of alkyl carbamates (subject to hydrolysis) is 1. The molecule has 0 aliphatic rings. The fourth-order valence-electron chi connectivity index (χ4n) is 2.88. The van der Waals surface area contributed by atoms with Crippen molar-refractivity contribution in [3.8, 4) is 0 Å². The largest absolute Gasteiger partial charge is 0.445 e. The highest BCUT2D eigenvalue weighted by atomic mass is 16.5. The number of ketones is 1. The summed E-state index contributed by atoms with van der Waals surface area (Å²) in [5.41, 5.74) is 0.960. The maximum absolute atomic E-state index is 11.9. The molecular formula is C23H39N2O5+. The van der Waals surface area contributed by atoms with Crippen LogP contribution in [-0.2, 0) is 20.9 Å². The van der Waals surface area contributed by atoms with Crippen LogP contribution in [0.15, 0.2) is 30.3 Å². The number of Topliss-reactive ketones (excluding diaryl/α,β-unsaturated/α-hetero) is 1. The number of hydrogen-bond donors (Lipinski definition) is 2. The molecule has 0 atom stereocenters. The minimum absolute atomic E-state index is 0.176. The lowest BCUT2D eigenvalue weighted by molar-refractivity contribution is -0.891. The van der Waals surface area contributed by atoms with Crippen LogP contribution in [0.4, 0.5) is 4.79 Å². The summed E-state index contributed by atoms with van der Waals surface area (Å²) in [6.45, 7) is 3.80. The van der Waals surface area contributed by atoms with Crippen molar-refractivity contribution in [2.24, 2.45) is 0 Å². The summed E-state index contributed by atoms with van der Waals surface area (Å²) in [5.74, 6) is 0.269. The first-order valence-electron chi connectivity index (χ1n) is 10.9. The molecule has 0 aliphatic carbocycles. The summed E-state index contributed by atoms with van der Waals surface area (Å²) in [4.78, 5) is 23.5. The number of quaternary nitrogens is 1. The Balaban J connectivity index is 1.90. The van der Waals surface area contributed by atoms with Gasteiger partial charge in [0.1, 0.15) is 25.5 Å². The third-order valence-electron chi connectivity index (χ3n) is 4.91. The van der Waals surface area contributed by atoms with E-state index in [-0.39, 0.29) is 19.0 Å². The lowest BCUT2D eigenvalue weighted by Gasteiger charge is -2.28. The van der Waals surface area contributed by atoms with Gasteiger partial charge >= 0.3 is 6.09 Å². The fourth-order valence-corrected chi connectivity index (χ4v) is 2.88. The standard InChI is InChI=1S/C23H38N2O5/c1-25(2,15-17-26)16-19-29-18-9-13-22(27)12-7-4-8-14-24-23(28)30-20-21-10-5-3-6-11-21/h3,5-6,10-11,26H,4,7-9,12-20H2,1-2H3/p+1. The van der Waals surface area contributed by atoms with E-state index in [9.17, 15) is 9.59 Å². The predicted octanol–water partition coefficient (Wildman–Crippen LogP) is 2.91. The van der Waals surface area contributed by atoms with Crippen LogP contribution in [0.2, 0.25) is 0 Å². The second-order valence-corrected chi connectivity index (χ2v) is 8.16. The Kier molecular flexibility index (Phi) is 13.8. The van der Waals surface area contributed by atoms with Crippen LogP contribution in [0.5, 0.6) is 0 Å². The van der Waals surface area contributed by atoms with Crippen molar-refractivity contribution in [2.75, 3.05) is 53.6 Å². The Morgan fingerprint density at radius 1 is 0.967 bits per heavy atom. The molecular weight excluding hydrogens is 384 g/mol. The van der Waals surface area contributed by atoms with Gasteiger partial charge in [0, 0.05) is 26.0 Å². The molecule has 170 valence electrons. The molecule has 30 heavy (non-hydrogen) atoms. The molecule has 0 aromatic heterocycles. The van der Waals surface area contributed by atoms with Crippen LogP contribution in [-0.4, -0.2) is 75.0 Å². The SMILES string of the molecule is C[N+](C)(CCO)CCOCCCC(=O)CCCCCNC(=O)OCc1ccccc1. The molecule has 1 aromatic carbocycles. The second-order valence-electron chi connectivity index (χ2n) is 8.16. The Bertz CT molecular complexity index is 593. The lowest BCUT2D eigenvalue weighted by Crippen LogP contribution is -2.44. The molecule has 1 rings (SSSR count). The van der Waals surface area contributed by atoms with Gasteiger partial charge in [-0.2, -0.15) is 0 Å². The molecule has 0 fully saturated rings. The first-order valence-corrected chi connectivity index (χ1v) is 10.9. The van der Waals surface area contributed by atoms with Gasteiger partial charge in [0.25, 0.3) is 0 Å². The van der Waals surface area contributed by atoms with E-state index in [2.05, 4.69) is 19.4 Å². The second kappa shape index (κ2) is 15.8. The third-order valence-corrected chi connectivity index (χ3v) is 4.91. The van der Waals surface area contributed by atoms with E-state index >= 15 is 0 Å². The topological polar surface area (TPSA) is 84.9 Å². The summed E-state index contributed by atoms with van der Waals surface area (Å²) in [7, 11) is 4.12.